The highest BCUT2D eigenvalue weighted by Crippen LogP contribution is 2.12. The van der Waals surface area contributed by atoms with Gasteiger partial charge in [-0.2, -0.15) is 0 Å². The van der Waals surface area contributed by atoms with Crippen LogP contribution < -0.4 is 5.32 Å². The third-order valence-electron chi connectivity index (χ3n) is 2.53. The predicted molar refractivity (Wildman–Crippen MR) is 73.7 cm³/mol. The first-order valence-electron chi connectivity index (χ1n) is 6.31. The Morgan fingerprint density at radius 1 is 1.35 bits per heavy atom. The minimum atomic E-state index is 0.366. The first kappa shape index (κ1) is 14.5. The molecule has 17 heavy (non-hydrogen) atoms. The normalized spacial score (nSPS) is 12.6. The summed E-state index contributed by atoms with van der Waals surface area (Å²) in [4.78, 5) is 0. The molecule has 0 aliphatic carbocycles. The molecule has 0 amide bonds. The van der Waals surface area contributed by atoms with Crippen LogP contribution in [0.2, 0.25) is 5.02 Å². The van der Waals surface area contributed by atoms with Gasteiger partial charge in [0.1, 0.15) is 0 Å². The van der Waals surface area contributed by atoms with Crippen LogP contribution in [-0.4, -0.2) is 25.8 Å². The largest absolute Gasteiger partial charge is 0.380 e. The Morgan fingerprint density at radius 2 is 2.18 bits per heavy atom. The molecule has 0 saturated carbocycles. The van der Waals surface area contributed by atoms with Crippen molar-refractivity contribution in [3.05, 3.63) is 34.9 Å². The lowest BCUT2D eigenvalue weighted by atomic mass is 10.1. The van der Waals surface area contributed by atoms with Crippen molar-refractivity contribution >= 4 is 11.6 Å². The van der Waals surface area contributed by atoms with Gasteiger partial charge in [-0.25, -0.2) is 0 Å². The van der Waals surface area contributed by atoms with Gasteiger partial charge in [-0.15, -0.1) is 0 Å². The molecule has 0 heterocycles. The molecule has 0 aromatic heterocycles. The van der Waals surface area contributed by atoms with Crippen molar-refractivity contribution < 1.29 is 4.74 Å². The van der Waals surface area contributed by atoms with E-state index in [1.807, 2.05) is 18.2 Å². The van der Waals surface area contributed by atoms with Crippen LogP contribution in [0.25, 0.3) is 0 Å². The highest BCUT2D eigenvalue weighted by molar-refractivity contribution is 6.30. The minimum Gasteiger partial charge on any atom is -0.380 e. The zero-order chi connectivity index (χ0) is 12.5. The molecule has 0 saturated heterocycles. The molecule has 1 aromatic rings. The molecular weight excluding hydrogens is 234 g/mol. The number of benzene rings is 1. The Labute approximate surface area is 109 Å². The van der Waals surface area contributed by atoms with Crippen molar-refractivity contribution in [2.45, 2.75) is 32.7 Å². The molecule has 0 bridgehead atoms. The summed E-state index contributed by atoms with van der Waals surface area (Å²) in [6, 6.07) is 8.39. The molecule has 1 aromatic carbocycles. The zero-order valence-electron chi connectivity index (χ0n) is 10.7. The lowest BCUT2D eigenvalue weighted by Gasteiger charge is -2.18. The molecule has 1 unspecified atom stereocenters. The Kier molecular flexibility index (Phi) is 7.25. The molecule has 2 nitrogen and oxygen atoms in total. The van der Waals surface area contributed by atoms with Gasteiger partial charge in [0.25, 0.3) is 0 Å². The summed E-state index contributed by atoms with van der Waals surface area (Å²) in [5.41, 5.74) is 1.25. The van der Waals surface area contributed by atoms with Gasteiger partial charge < -0.3 is 10.1 Å². The quantitative estimate of drug-likeness (QED) is 0.720. The lowest BCUT2D eigenvalue weighted by molar-refractivity contribution is 0.112. The van der Waals surface area contributed by atoms with Gasteiger partial charge in [-0.3, -0.25) is 0 Å². The fourth-order valence-electron chi connectivity index (χ4n) is 1.80. The maximum Gasteiger partial charge on any atom is 0.0622 e. The number of rotatable bonds is 8. The monoisotopic (exact) mass is 255 g/mol. The highest BCUT2D eigenvalue weighted by Gasteiger charge is 2.08. The summed E-state index contributed by atoms with van der Waals surface area (Å²) in [6.07, 6.45) is 2.02. The van der Waals surface area contributed by atoms with Gasteiger partial charge in [-0.1, -0.05) is 37.6 Å². The Morgan fingerprint density at radius 3 is 2.82 bits per heavy atom. The lowest BCUT2D eigenvalue weighted by Crippen LogP contribution is -2.35. The smallest absolute Gasteiger partial charge is 0.0622 e. The second kappa shape index (κ2) is 8.51. The number of ether oxygens (including phenoxy) is 1. The SMILES string of the molecule is CCCOCC(Cc1cccc(Cl)c1)NCC. The van der Waals surface area contributed by atoms with Gasteiger partial charge in [0.15, 0.2) is 0 Å². The Bertz CT molecular complexity index is 317. The first-order valence-corrected chi connectivity index (χ1v) is 6.69. The van der Waals surface area contributed by atoms with E-state index in [-0.39, 0.29) is 0 Å². The molecule has 0 aliphatic rings. The van der Waals surface area contributed by atoms with Crippen LogP contribution in [-0.2, 0) is 11.2 Å². The van der Waals surface area contributed by atoms with Crippen LogP contribution in [0.5, 0.6) is 0 Å². The number of hydrogen-bond donors (Lipinski definition) is 1. The summed E-state index contributed by atoms with van der Waals surface area (Å²) >= 11 is 5.98. The van der Waals surface area contributed by atoms with Crippen molar-refractivity contribution in [1.29, 1.82) is 0 Å². The van der Waals surface area contributed by atoms with Crippen LogP contribution in [0.3, 0.4) is 0 Å². The number of nitrogens with one attached hydrogen (secondary N) is 1. The van der Waals surface area contributed by atoms with Gasteiger partial charge in [0.05, 0.1) is 6.61 Å². The van der Waals surface area contributed by atoms with E-state index < -0.39 is 0 Å². The van der Waals surface area contributed by atoms with Crippen molar-refractivity contribution in [3.8, 4) is 0 Å². The van der Waals surface area contributed by atoms with Crippen molar-refractivity contribution in [2.75, 3.05) is 19.8 Å². The Hall–Kier alpha value is -0.570. The average molecular weight is 256 g/mol. The topological polar surface area (TPSA) is 21.3 Å². The van der Waals surface area contributed by atoms with Crippen LogP contribution in [0.4, 0.5) is 0 Å². The molecular formula is C14H22ClNO. The minimum absolute atomic E-state index is 0.366. The van der Waals surface area contributed by atoms with Gasteiger partial charge in [-0.05, 0) is 37.1 Å². The fourth-order valence-corrected chi connectivity index (χ4v) is 2.01. The molecule has 0 spiro atoms. The van der Waals surface area contributed by atoms with E-state index in [4.69, 9.17) is 16.3 Å². The summed E-state index contributed by atoms with van der Waals surface area (Å²) in [5.74, 6) is 0. The number of halogens is 1. The molecule has 0 aliphatic heterocycles. The fraction of sp³-hybridized carbons (Fsp3) is 0.571. The van der Waals surface area contributed by atoms with Crippen LogP contribution in [0, 0.1) is 0 Å². The average Bonchev–Trinajstić information content (AvgIpc) is 2.29. The zero-order valence-corrected chi connectivity index (χ0v) is 11.5. The van der Waals surface area contributed by atoms with Gasteiger partial charge in [0, 0.05) is 17.7 Å². The van der Waals surface area contributed by atoms with E-state index >= 15 is 0 Å². The van der Waals surface area contributed by atoms with Crippen LogP contribution >= 0.6 is 11.6 Å². The van der Waals surface area contributed by atoms with Gasteiger partial charge >= 0.3 is 0 Å². The summed E-state index contributed by atoms with van der Waals surface area (Å²) < 4.78 is 5.60. The third-order valence-corrected chi connectivity index (χ3v) is 2.77. The van der Waals surface area contributed by atoms with Crippen molar-refractivity contribution in [2.24, 2.45) is 0 Å². The highest BCUT2D eigenvalue weighted by atomic mass is 35.5. The molecule has 1 atom stereocenters. The maximum absolute atomic E-state index is 5.98. The summed E-state index contributed by atoms with van der Waals surface area (Å²) in [5, 5.41) is 4.24. The molecule has 0 radical (unpaired) electrons. The van der Waals surface area contributed by atoms with E-state index in [1.54, 1.807) is 0 Å². The molecule has 1 N–H and O–H groups in total. The Balaban J connectivity index is 2.47. The standard InChI is InChI=1S/C14H22ClNO/c1-3-8-17-11-14(16-4-2)10-12-6-5-7-13(15)9-12/h5-7,9,14,16H,3-4,8,10-11H2,1-2H3. The second-order valence-corrected chi connectivity index (χ2v) is 4.60. The maximum atomic E-state index is 5.98. The summed E-state index contributed by atoms with van der Waals surface area (Å²) in [7, 11) is 0. The molecule has 1 rings (SSSR count). The van der Waals surface area contributed by atoms with Crippen LogP contribution in [0.1, 0.15) is 25.8 Å². The predicted octanol–water partition coefficient (Wildman–Crippen LogP) is 3.29. The second-order valence-electron chi connectivity index (χ2n) is 4.16. The van der Waals surface area contributed by atoms with Crippen LogP contribution in [0.15, 0.2) is 24.3 Å². The number of likely N-dealkylation sites (N-methyl/N-ethyl adjacent to an activating group) is 1. The first-order chi connectivity index (χ1) is 8.26. The van der Waals surface area contributed by atoms with E-state index in [9.17, 15) is 0 Å². The molecule has 3 heteroatoms. The van der Waals surface area contributed by atoms with Gasteiger partial charge in [0.2, 0.25) is 0 Å². The van der Waals surface area contributed by atoms with E-state index in [0.717, 1.165) is 37.6 Å². The van der Waals surface area contributed by atoms with E-state index in [1.165, 1.54) is 5.56 Å². The number of hydrogen-bond acceptors (Lipinski definition) is 2. The molecule has 96 valence electrons. The van der Waals surface area contributed by atoms with E-state index in [2.05, 4.69) is 25.2 Å². The third kappa shape index (κ3) is 6.06. The molecule has 0 fully saturated rings. The van der Waals surface area contributed by atoms with Crippen molar-refractivity contribution in [1.82, 2.24) is 5.32 Å². The summed E-state index contributed by atoms with van der Waals surface area (Å²) in [6.45, 7) is 6.79. The van der Waals surface area contributed by atoms with Crippen molar-refractivity contribution in [3.63, 3.8) is 0 Å². The van der Waals surface area contributed by atoms with E-state index in [0.29, 0.717) is 6.04 Å².